The van der Waals surface area contributed by atoms with Crippen LogP contribution in [0, 0.1) is 0 Å². The molecule has 1 amide bonds. The molecule has 0 spiro atoms. The Morgan fingerprint density at radius 2 is 0.610 bits per heavy atom. The van der Waals surface area contributed by atoms with E-state index in [1.807, 2.05) is 0 Å². The summed E-state index contributed by atoms with van der Waals surface area (Å²) in [5.41, 5.74) is 0. The summed E-state index contributed by atoms with van der Waals surface area (Å²) >= 11 is 0. The van der Waals surface area contributed by atoms with Crippen molar-refractivity contribution in [3.05, 3.63) is 24.3 Å². The first kappa shape index (κ1) is 75.3. The fourth-order valence-electron chi connectivity index (χ4n) is 11.1. The maximum absolute atomic E-state index is 12.5. The molecule has 0 aliphatic heterocycles. The van der Waals surface area contributed by atoms with Gasteiger partial charge in [-0.1, -0.05) is 327 Å². The molecule has 0 aliphatic carbocycles. The lowest BCUT2D eigenvalue weighted by atomic mass is 10.0. The van der Waals surface area contributed by atoms with Crippen molar-refractivity contribution in [3.8, 4) is 0 Å². The monoisotopic (exact) mass is 1080 g/mol. The van der Waals surface area contributed by atoms with Crippen LogP contribution in [0.4, 0.5) is 0 Å². The van der Waals surface area contributed by atoms with Crippen molar-refractivity contribution >= 4 is 11.9 Å². The molecular formula is C71H137NO5. The Labute approximate surface area is 481 Å². The van der Waals surface area contributed by atoms with Gasteiger partial charge in [0.15, 0.2) is 0 Å². The van der Waals surface area contributed by atoms with Gasteiger partial charge in [-0.2, -0.15) is 0 Å². The van der Waals surface area contributed by atoms with E-state index in [1.54, 1.807) is 0 Å². The summed E-state index contributed by atoms with van der Waals surface area (Å²) in [6.07, 6.45) is 83.7. The predicted molar refractivity (Wildman–Crippen MR) is 338 cm³/mol. The van der Waals surface area contributed by atoms with Gasteiger partial charge >= 0.3 is 5.97 Å². The largest absolute Gasteiger partial charge is 0.466 e. The van der Waals surface area contributed by atoms with Crippen LogP contribution in [0.2, 0.25) is 0 Å². The lowest BCUT2D eigenvalue weighted by Crippen LogP contribution is -2.45. The first-order valence-corrected chi connectivity index (χ1v) is 35.1. The van der Waals surface area contributed by atoms with E-state index in [2.05, 4.69) is 43.5 Å². The Kier molecular flexibility index (Phi) is 65.4. The smallest absolute Gasteiger partial charge is 0.305 e. The maximum Gasteiger partial charge on any atom is 0.305 e. The zero-order valence-corrected chi connectivity index (χ0v) is 52.2. The van der Waals surface area contributed by atoms with Gasteiger partial charge in [0.1, 0.15) is 0 Å². The molecule has 3 N–H and O–H groups in total. The van der Waals surface area contributed by atoms with Crippen LogP contribution in [0.5, 0.6) is 0 Å². The Morgan fingerprint density at radius 1 is 0.351 bits per heavy atom. The van der Waals surface area contributed by atoms with Crippen LogP contribution in [-0.4, -0.2) is 47.4 Å². The number of hydrogen-bond acceptors (Lipinski definition) is 5. The summed E-state index contributed by atoms with van der Waals surface area (Å²) in [6, 6.07) is -0.540. The average Bonchev–Trinajstić information content (AvgIpc) is 3.43. The molecule has 456 valence electrons. The van der Waals surface area contributed by atoms with E-state index < -0.39 is 12.1 Å². The number of hydrogen-bond donors (Lipinski definition) is 3. The first-order valence-electron chi connectivity index (χ1n) is 35.1. The minimum absolute atomic E-state index is 0.0138. The first-order chi connectivity index (χ1) is 38.0. The number of amides is 1. The molecule has 0 bridgehead atoms. The third-order valence-corrected chi connectivity index (χ3v) is 16.5. The van der Waals surface area contributed by atoms with Crippen molar-refractivity contribution in [1.29, 1.82) is 0 Å². The fourth-order valence-corrected chi connectivity index (χ4v) is 11.1. The summed E-state index contributed by atoms with van der Waals surface area (Å²) in [6.45, 7) is 4.98. The maximum atomic E-state index is 12.5. The third-order valence-electron chi connectivity index (χ3n) is 16.5. The van der Waals surface area contributed by atoms with Gasteiger partial charge in [-0.3, -0.25) is 9.59 Å². The van der Waals surface area contributed by atoms with Gasteiger partial charge in [0.05, 0.1) is 25.4 Å². The fraction of sp³-hybridized carbons (Fsp3) is 0.915. The molecule has 0 saturated heterocycles. The van der Waals surface area contributed by atoms with Crippen LogP contribution in [-0.2, 0) is 14.3 Å². The van der Waals surface area contributed by atoms with Gasteiger partial charge < -0.3 is 20.3 Å². The number of ether oxygens (including phenoxy) is 1. The molecule has 0 rings (SSSR count). The number of unbranched alkanes of at least 4 members (excludes halogenated alkanes) is 51. The van der Waals surface area contributed by atoms with Crippen molar-refractivity contribution in [1.82, 2.24) is 5.32 Å². The lowest BCUT2D eigenvalue weighted by molar-refractivity contribution is -0.143. The van der Waals surface area contributed by atoms with Crippen molar-refractivity contribution in [2.24, 2.45) is 0 Å². The van der Waals surface area contributed by atoms with Gasteiger partial charge in [0.25, 0.3) is 0 Å². The summed E-state index contributed by atoms with van der Waals surface area (Å²) in [5, 5.41) is 23.3. The minimum atomic E-state index is -0.663. The molecule has 0 aromatic heterocycles. The minimum Gasteiger partial charge on any atom is -0.466 e. The number of nitrogens with one attached hydrogen (secondary N) is 1. The Morgan fingerprint density at radius 3 is 0.922 bits per heavy atom. The van der Waals surface area contributed by atoms with Crippen LogP contribution in [0.1, 0.15) is 393 Å². The third kappa shape index (κ3) is 63.4. The van der Waals surface area contributed by atoms with Crippen molar-refractivity contribution < 1.29 is 24.5 Å². The lowest BCUT2D eigenvalue weighted by Gasteiger charge is -2.22. The van der Waals surface area contributed by atoms with Crippen LogP contribution in [0.15, 0.2) is 24.3 Å². The zero-order chi connectivity index (χ0) is 55.7. The van der Waals surface area contributed by atoms with Gasteiger partial charge in [-0.05, 0) is 77.0 Å². The molecular weight excluding hydrogens is 947 g/mol. The van der Waals surface area contributed by atoms with Gasteiger partial charge in [-0.25, -0.2) is 0 Å². The molecule has 2 unspecified atom stereocenters. The van der Waals surface area contributed by atoms with Crippen LogP contribution < -0.4 is 5.32 Å². The van der Waals surface area contributed by atoms with Crippen LogP contribution >= 0.6 is 0 Å². The van der Waals surface area contributed by atoms with Crippen LogP contribution in [0.25, 0.3) is 0 Å². The molecule has 0 aromatic rings. The van der Waals surface area contributed by atoms with E-state index >= 15 is 0 Å². The Bertz CT molecular complexity index is 1200. The van der Waals surface area contributed by atoms with E-state index in [-0.39, 0.29) is 18.5 Å². The quantitative estimate of drug-likeness (QED) is 0.0320. The zero-order valence-electron chi connectivity index (χ0n) is 52.2. The highest BCUT2D eigenvalue weighted by atomic mass is 16.5. The van der Waals surface area contributed by atoms with E-state index in [9.17, 15) is 19.8 Å². The molecule has 6 heteroatoms. The standard InChI is InChI=1S/C71H137NO5/c1-3-5-7-9-11-13-15-17-19-33-37-41-45-49-53-57-61-65-71(76)77-66-62-58-54-50-46-42-38-35-32-30-28-26-24-22-20-21-23-25-27-29-31-34-36-40-44-48-52-56-60-64-70(75)72-68(67-73)69(74)63-59-55-51-47-43-39-18-16-14-12-10-8-6-4-2/h17,19-20,22,68-69,73-74H,3-16,18,21,23-67H2,1-2H3,(H,72,75)/b19-17-,22-20-. The Hall–Kier alpha value is -1.66. The van der Waals surface area contributed by atoms with Crippen molar-refractivity contribution in [2.75, 3.05) is 13.2 Å². The van der Waals surface area contributed by atoms with E-state index in [1.165, 1.54) is 315 Å². The number of aliphatic hydroxyl groups is 2. The highest BCUT2D eigenvalue weighted by molar-refractivity contribution is 5.76. The normalized spacial score (nSPS) is 12.6. The summed E-state index contributed by atoms with van der Waals surface area (Å²) in [4.78, 5) is 24.6. The summed E-state index contributed by atoms with van der Waals surface area (Å²) in [7, 11) is 0. The molecule has 77 heavy (non-hydrogen) atoms. The molecule has 2 atom stereocenters. The van der Waals surface area contributed by atoms with E-state index in [4.69, 9.17) is 4.74 Å². The highest BCUT2D eigenvalue weighted by Crippen LogP contribution is 2.18. The van der Waals surface area contributed by atoms with Crippen LogP contribution in [0.3, 0.4) is 0 Å². The van der Waals surface area contributed by atoms with Gasteiger partial charge in [-0.15, -0.1) is 0 Å². The number of aliphatic hydroxyl groups excluding tert-OH is 2. The Balaban J connectivity index is 3.35. The number of rotatable bonds is 66. The molecule has 0 saturated carbocycles. The predicted octanol–water partition coefficient (Wildman–Crippen LogP) is 22.5. The molecule has 0 aliphatic rings. The second-order valence-corrected chi connectivity index (χ2v) is 24.2. The molecule has 0 fully saturated rings. The second kappa shape index (κ2) is 66.8. The number of esters is 1. The van der Waals surface area contributed by atoms with Gasteiger partial charge in [0, 0.05) is 12.8 Å². The number of carbonyl (C=O) groups is 2. The van der Waals surface area contributed by atoms with Gasteiger partial charge in [0.2, 0.25) is 5.91 Å². The molecule has 6 nitrogen and oxygen atoms in total. The SMILES string of the molecule is CCCCCCCC/C=C\CCCCCCCCCC(=O)OCCCCCCCCCCCCCC/C=C\CCCCCCCCCCCCCCCC(=O)NC(CO)C(O)CCCCCCCCCCCCCCCC. The number of allylic oxidation sites excluding steroid dienone is 4. The molecule has 0 aromatic carbocycles. The van der Waals surface area contributed by atoms with E-state index in [0.29, 0.717) is 25.9 Å². The molecule has 0 heterocycles. The van der Waals surface area contributed by atoms with E-state index in [0.717, 1.165) is 44.9 Å². The average molecular weight is 1080 g/mol. The summed E-state index contributed by atoms with van der Waals surface area (Å²) in [5.74, 6) is -0.0180. The van der Waals surface area contributed by atoms with Crippen molar-refractivity contribution in [2.45, 2.75) is 405 Å². The summed E-state index contributed by atoms with van der Waals surface area (Å²) < 4.78 is 5.50. The number of carbonyl (C=O) groups excluding carboxylic acids is 2. The van der Waals surface area contributed by atoms with Crippen molar-refractivity contribution in [3.63, 3.8) is 0 Å². The molecule has 0 radical (unpaired) electrons. The topological polar surface area (TPSA) is 95.9 Å². The highest BCUT2D eigenvalue weighted by Gasteiger charge is 2.20. The second-order valence-electron chi connectivity index (χ2n) is 24.2.